The maximum absolute atomic E-state index is 6.06. The number of rotatable bonds is 17. The third-order valence-corrected chi connectivity index (χ3v) is 9.97. The molecule has 0 amide bonds. The van der Waals surface area contributed by atoms with Crippen molar-refractivity contribution in [3.8, 4) is 0 Å². The van der Waals surface area contributed by atoms with Gasteiger partial charge in [0.15, 0.2) is 0 Å². The maximum Gasteiger partial charge on any atom is 0.679 e. The lowest BCUT2D eigenvalue weighted by molar-refractivity contribution is -0.127. The molecule has 0 fully saturated rings. The van der Waals surface area contributed by atoms with Crippen molar-refractivity contribution in [3.63, 3.8) is 0 Å². The van der Waals surface area contributed by atoms with Crippen molar-refractivity contribution < 1.29 is 53.1 Å². The molecule has 0 spiro atoms. The Hall–Kier alpha value is 0.171. The van der Waals surface area contributed by atoms with Crippen LogP contribution in [0.1, 0.15) is 6.92 Å². The zero-order valence-corrected chi connectivity index (χ0v) is 21.3. The van der Waals surface area contributed by atoms with Crippen molar-refractivity contribution in [3.05, 3.63) is 0 Å². The molecule has 0 bridgehead atoms. The van der Waals surface area contributed by atoms with Crippen molar-refractivity contribution in [2.24, 2.45) is 0 Å². The highest BCUT2D eigenvalue weighted by molar-refractivity contribution is 6.54. The molecule has 0 aliphatic heterocycles. The topological polar surface area (TPSA) is 111 Å². The fourth-order valence-corrected chi connectivity index (χ4v) is 6.26. The molecule has 0 aromatic heterocycles. The monoisotopic (exact) mass is 466 g/mol. The van der Waals surface area contributed by atoms with Crippen molar-refractivity contribution in [1.29, 1.82) is 0 Å². The quantitative estimate of drug-likeness (QED) is 0.267. The van der Waals surface area contributed by atoms with Gasteiger partial charge in [-0.15, -0.1) is 0 Å². The van der Waals surface area contributed by atoms with Crippen LogP contribution in [-0.2, 0) is 53.1 Å². The van der Waals surface area contributed by atoms with Crippen LogP contribution in [0.15, 0.2) is 0 Å². The van der Waals surface area contributed by atoms with Gasteiger partial charge in [-0.1, -0.05) is 0 Å². The Morgan fingerprint density at radius 3 is 0.929 bits per heavy atom. The van der Waals surface area contributed by atoms with Crippen LogP contribution in [0.3, 0.4) is 0 Å². The van der Waals surface area contributed by atoms with Gasteiger partial charge >= 0.3 is 27.1 Å². The molecule has 170 valence electrons. The molecule has 0 unspecified atom stereocenters. The first-order valence-electron chi connectivity index (χ1n) is 8.11. The molecule has 0 heterocycles. The van der Waals surface area contributed by atoms with Crippen LogP contribution in [0.25, 0.3) is 0 Å². The molecule has 0 aromatic rings. The lowest BCUT2D eigenvalue weighted by Crippen LogP contribution is -2.60. The second-order valence-electron chi connectivity index (χ2n) is 5.47. The summed E-state index contributed by atoms with van der Waals surface area (Å²) in [4.78, 5) is 0. The fourth-order valence-electron chi connectivity index (χ4n) is 2.11. The van der Waals surface area contributed by atoms with Gasteiger partial charge in [0.2, 0.25) is 0 Å². The summed E-state index contributed by atoms with van der Waals surface area (Å²) >= 11 is 0. The third kappa shape index (κ3) is 7.45. The summed E-state index contributed by atoms with van der Waals surface area (Å²) in [6, 6.07) is 0. The summed E-state index contributed by atoms with van der Waals surface area (Å²) in [5.41, 5.74) is -1.17. The van der Waals surface area contributed by atoms with Crippen molar-refractivity contribution in [2.45, 2.75) is 12.5 Å². The Morgan fingerprint density at radius 1 is 0.464 bits per heavy atom. The molecule has 0 saturated carbocycles. The summed E-state index contributed by atoms with van der Waals surface area (Å²) in [7, 11) is 2.58. The van der Waals surface area contributed by atoms with Crippen molar-refractivity contribution in [1.82, 2.24) is 0 Å². The second-order valence-corrected chi connectivity index (χ2v) is 12.9. The van der Waals surface area contributed by atoms with Crippen LogP contribution in [0.4, 0.5) is 0 Å². The first-order chi connectivity index (χ1) is 13.2. The summed E-state index contributed by atoms with van der Waals surface area (Å²) in [5.74, 6) is 0. The largest absolute Gasteiger partial charge is 0.679 e. The standard InChI is InChI=1S/C13H34O12Si3/c1-13(25-28(20-8,21-9)22-10,11-23-26(14-2,15-3)16-4)12-24-27(17-5,18-6)19-7/h11-12H2,1-10H3. The van der Waals surface area contributed by atoms with Gasteiger partial charge in [0.1, 0.15) is 5.60 Å². The fraction of sp³-hybridized carbons (Fsp3) is 1.00. The number of hydrogen-bond acceptors (Lipinski definition) is 12. The van der Waals surface area contributed by atoms with E-state index in [1.165, 1.54) is 64.0 Å². The summed E-state index contributed by atoms with van der Waals surface area (Å²) in [6.07, 6.45) is 0. The molecule has 0 N–H and O–H groups in total. The van der Waals surface area contributed by atoms with Crippen LogP contribution < -0.4 is 0 Å². The Balaban J connectivity index is 5.63. The van der Waals surface area contributed by atoms with E-state index in [0.717, 1.165) is 0 Å². The van der Waals surface area contributed by atoms with E-state index < -0.39 is 32.7 Å². The minimum absolute atomic E-state index is 0.0821. The van der Waals surface area contributed by atoms with Gasteiger partial charge in [-0.2, -0.15) is 0 Å². The lowest BCUT2D eigenvalue weighted by atomic mass is 10.1. The minimum atomic E-state index is -3.48. The molecule has 0 saturated heterocycles. The van der Waals surface area contributed by atoms with Gasteiger partial charge < -0.3 is 53.1 Å². The Bertz CT molecular complexity index is 369. The smallest absolute Gasteiger partial charge is 0.355 e. The van der Waals surface area contributed by atoms with Crippen LogP contribution in [0, 0.1) is 0 Å². The van der Waals surface area contributed by atoms with Crippen molar-refractivity contribution >= 4 is 27.1 Å². The van der Waals surface area contributed by atoms with Crippen molar-refractivity contribution in [2.75, 3.05) is 77.2 Å². The molecule has 0 atom stereocenters. The minimum Gasteiger partial charge on any atom is -0.355 e. The van der Waals surface area contributed by atoms with Gasteiger partial charge in [-0.05, 0) is 6.92 Å². The van der Waals surface area contributed by atoms with Crippen LogP contribution in [0.2, 0.25) is 0 Å². The first kappa shape index (κ1) is 28.2. The Kier molecular flexibility index (Phi) is 12.9. The average Bonchev–Trinajstić information content (AvgIpc) is 2.75. The van der Waals surface area contributed by atoms with Gasteiger partial charge in [0.05, 0.1) is 13.2 Å². The SMILES string of the molecule is CO[Si](OC)(OC)OCC(C)(CO[Si](OC)(OC)OC)O[Si](OC)(OC)OC. The van der Waals surface area contributed by atoms with E-state index >= 15 is 0 Å². The zero-order chi connectivity index (χ0) is 21.9. The average molecular weight is 467 g/mol. The van der Waals surface area contributed by atoms with E-state index in [2.05, 4.69) is 0 Å². The predicted molar refractivity (Wildman–Crippen MR) is 102 cm³/mol. The first-order valence-corrected chi connectivity index (χ1v) is 13.0. The molecule has 0 aliphatic rings. The molecule has 12 nitrogen and oxygen atoms in total. The highest BCUT2D eigenvalue weighted by Gasteiger charge is 2.53. The molecular weight excluding hydrogens is 432 g/mol. The van der Waals surface area contributed by atoms with Crippen LogP contribution in [-0.4, -0.2) is 110 Å². The van der Waals surface area contributed by atoms with E-state index in [0.29, 0.717) is 0 Å². The summed E-state index contributed by atoms with van der Waals surface area (Å²) < 4.78 is 65.4. The molecule has 0 radical (unpaired) electrons. The molecule has 0 aliphatic carbocycles. The molecule has 0 aromatic carbocycles. The van der Waals surface area contributed by atoms with Gasteiger partial charge in [-0.3, -0.25) is 0 Å². The zero-order valence-electron chi connectivity index (χ0n) is 18.3. The lowest BCUT2D eigenvalue weighted by Gasteiger charge is -2.38. The second kappa shape index (κ2) is 12.8. The third-order valence-electron chi connectivity index (χ3n) is 3.73. The van der Waals surface area contributed by atoms with E-state index in [1.54, 1.807) is 6.92 Å². The van der Waals surface area contributed by atoms with E-state index in [1.807, 2.05) is 0 Å². The summed E-state index contributed by atoms with van der Waals surface area (Å²) in [6.45, 7) is 1.54. The van der Waals surface area contributed by atoms with E-state index in [9.17, 15) is 0 Å². The van der Waals surface area contributed by atoms with Crippen LogP contribution in [0.5, 0.6) is 0 Å². The molecule has 0 rings (SSSR count). The van der Waals surface area contributed by atoms with Crippen LogP contribution >= 0.6 is 0 Å². The normalized spacial score (nSPS) is 13.9. The van der Waals surface area contributed by atoms with Gasteiger partial charge in [-0.25, -0.2) is 0 Å². The molecular formula is C13H34O12Si3. The maximum atomic E-state index is 6.06. The predicted octanol–water partition coefficient (Wildman–Crippen LogP) is -0.0807. The Labute approximate surface area is 170 Å². The van der Waals surface area contributed by atoms with Gasteiger partial charge in [0.25, 0.3) is 0 Å². The highest BCUT2D eigenvalue weighted by atomic mass is 28.4. The van der Waals surface area contributed by atoms with Gasteiger partial charge in [0, 0.05) is 64.0 Å². The van der Waals surface area contributed by atoms with E-state index in [-0.39, 0.29) is 13.2 Å². The molecule has 15 heteroatoms. The summed E-state index contributed by atoms with van der Waals surface area (Å²) in [5, 5.41) is 0. The highest BCUT2D eigenvalue weighted by Crippen LogP contribution is 2.25. The molecule has 28 heavy (non-hydrogen) atoms. The Morgan fingerprint density at radius 2 is 0.714 bits per heavy atom. The van der Waals surface area contributed by atoms with E-state index in [4.69, 9.17) is 53.1 Å². The number of hydrogen-bond donors (Lipinski definition) is 0.